The molecule has 1 aromatic heterocycles. The van der Waals surface area contributed by atoms with E-state index in [1.807, 2.05) is 25.1 Å². The number of aromatic nitrogens is 2. The molecule has 1 fully saturated rings. The third-order valence-corrected chi connectivity index (χ3v) is 4.02. The Hall–Kier alpha value is -1.35. The monoisotopic (exact) mass is 394 g/mol. The highest BCUT2D eigenvalue weighted by molar-refractivity contribution is 5.85. The van der Waals surface area contributed by atoms with Gasteiger partial charge in [0.2, 0.25) is 11.8 Å². The zero-order chi connectivity index (χ0) is 16.8. The summed E-state index contributed by atoms with van der Waals surface area (Å²) < 4.78 is 1.69. The van der Waals surface area contributed by atoms with Crippen molar-refractivity contribution in [1.29, 1.82) is 0 Å². The van der Waals surface area contributed by atoms with Crippen LogP contribution in [-0.2, 0) is 16.6 Å². The Balaban J connectivity index is 0.00000288. The summed E-state index contributed by atoms with van der Waals surface area (Å²) in [6.45, 7) is 5.65. The summed E-state index contributed by atoms with van der Waals surface area (Å²) in [5, 5.41) is 9.99. The van der Waals surface area contributed by atoms with E-state index in [9.17, 15) is 9.59 Å². The molecule has 1 saturated heterocycles. The molecule has 8 nitrogen and oxygen atoms in total. The minimum atomic E-state index is -0.376. The summed E-state index contributed by atoms with van der Waals surface area (Å²) in [4.78, 5) is 28.2. The van der Waals surface area contributed by atoms with Gasteiger partial charge < -0.3 is 15.5 Å². The zero-order valence-electron chi connectivity index (χ0n) is 14.9. The van der Waals surface area contributed by atoms with Crippen LogP contribution in [0.5, 0.6) is 0 Å². The van der Waals surface area contributed by atoms with E-state index in [0.29, 0.717) is 39.3 Å². The van der Waals surface area contributed by atoms with Crippen LogP contribution in [0, 0.1) is 0 Å². The smallest absolute Gasteiger partial charge is 0.244 e. The Morgan fingerprint density at radius 3 is 2.36 bits per heavy atom. The number of carbonyl (C=O) groups is 2. The molecular formula is C15H28Cl2N6O2. The second-order valence-corrected chi connectivity index (χ2v) is 5.72. The number of nitrogens with zero attached hydrogens (tertiary/aromatic N) is 4. The first kappa shape index (κ1) is 23.6. The van der Waals surface area contributed by atoms with Gasteiger partial charge in [-0.1, -0.05) is 0 Å². The second-order valence-electron chi connectivity index (χ2n) is 5.72. The number of rotatable bonds is 6. The third-order valence-electron chi connectivity index (χ3n) is 4.02. The highest BCUT2D eigenvalue weighted by Crippen LogP contribution is 2.16. The van der Waals surface area contributed by atoms with E-state index in [1.54, 1.807) is 17.9 Å². The number of carbonyl (C=O) groups excluding carboxylic acids is 2. The van der Waals surface area contributed by atoms with Crippen molar-refractivity contribution in [2.45, 2.75) is 13.0 Å². The number of halogens is 2. The summed E-state index contributed by atoms with van der Waals surface area (Å²) in [6, 6.07) is -0.376. The van der Waals surface area contributed by atoms with E-state index < -0.39 is 0 Å². The molecule has 2 rings (SSSR count). The summed E-state index contributed by atoms with van der Waals surface area (Å²) in [5.41, 5.74) is 0.866. The Kier molecular flexibility index (Phi) is 10.7. The van der Waals surface area contributed by atoms with Gasteiger partial charge in [-0.05, 0) is 14.0 Å². The lowest BCUT2D eigenvalue weighted by atomic mass is 10.1. The molecule has 2 heterocycles. The lowest BCUT2D eigenvalue weighted by Crippen LogP contribution is -2.53. The molecule has 2 N–H and O–H groups in total. The number of piperazine rings is 1. The molecule has 0 bridgehead atoms. The van der Waals surface area contributed by atoms with Crippen molar-refractivity contribution in [2.24, 2.45) is 7.05 Å². The van der Waals surface area contributed by atoms with Gasteiger partial charge in [-0.15, -0.1) is 24.8 Å². The van der Waals surface area contributed by atoms with Crippen molar-refractivity contribution < 1.29 is 9.59 Å². The van der Waals surface area contributed by atoms with Crippen LogP contribution < -0.4 is 10.6 Å². The van der Waals surface area contributed by atoms with Gasteiger partial charge in [0.15, 0.2) is 0 Å². The molecular weight excluding hydrogens is 367 g/mol. The third kappa shape index (κ3) is 6.47. The summed E-state index contributed by atoms with van der Waals surface area (Å²) >= 11 is 0. The van der Waals surface area contributed by atoms with Gasteiger partial charge >= 0.3 is 0 Å². The summed E-state index contributed by atoms with van der Waals surface area (Å²) in [5.74, 6) is 0.0916. The molecule has 0 aliphatic carbocycles. The zero-order valence-corrected chi connectivity index (χ0v) is 16.5. The van der Waals surface area contributed by atoms with Gasteiger partial charge in [-0.25, -0.2) is 0 Å². The topological polar surface area (TPSA) is 82.5 Å². The fourth-order valence-electron chi connectivity index (χ4n) is 2.79. The van der Waals surface area contributed by atoms with Gasteiger partial charge in [0.1, 0.15) is 6.04 Å². The van der Waals surface area contributed by atoms with E-state index in [1.165, 1.54) is 0 Å². The molecule has 10 heteroatoms. The summed E-state index contributed by atoms with van der Waals surface area (Å²) in [7, 11) is 3.61. The van der Waals surface area contributed by atoms with Crippen LogP contribution in [0.4, 0.5) is 0 Å². The van der Waals surface area contributed by atoms with Gasteiger partial charge in [0.05, 0.1) is 12.7 Å². The molecule has 0 saturated carbocycles. The molecule has 0 aromatic carbocycles. The van der Waals surface area contributed by atoms with Crippen molar-refractivity contribution >= 4 is 36.6 Å². The molecule has 144 valence electrons. The lowest BCUT2D eigenvalue weighted by molar-refractivity contribution is -0.135. The van der Waals surface area contributed by atoms with Crippen LogP contribution >= 0.6 is 24.8 Å². The van der Waals surface area contributed by atoms with Crippen molar-refractivity contribution in [3.05, 3.63) is 18.0 Å². The van der Waals surface area contributed by atoms with Gasteiger partial charge in [-0.3, -0.25) is 19.2 Å². The highest BCUT2D eigenvalue weighted by Gasteiger charge is 2.28. The van der Waals surface area contributed by atoms with E-state index in [2.05, 4.69) is 20.6 Å². The first-order valence-corrected chi connectivity index (χ1v) is 7.98. The first-order valence-electron chi connectivity index (χ1n) is 7.98. The predicted molar refractivity (Wildman–Crippen MR) is 101 cm³/mol. The largest absolute Gasteiger partial charge is 0.355 e. The molecule has 25 heavy (non-hydrogen) atoms. The number of hydrogen-bond donors (Lipinski definition) is 2. The average Bonchev–Trinajstić information content (AvgIpc) is 2.95. The normalized spacial score (nSPS) is 15.7. The van der Waals surface area contributed by atoms with E-state index in [4.69, 9.17) is 0 Å². The number of amides is 2. The SMILES string of the molecule is CCNC(=O)CN1CCN(C(=O)C(NC)c2cnn(C)c2)CC1.Cl.Cl. The maximum atomic E-state index is 12.7. The maximum absolute atomic E-state index is 12.7. The highest BCUT2D eigenvalue weighted by atomic mass is 35.5. The summed E-state index contributed by atoms with van der Waals surface area (Å²) in [6.07, 6.45) is 3.56. The molecule has 1 unspecified atom stereocenters. The van der Waals surface area contributed by atoms with E-state index >= 15 is 0 Å². The molecule has 1 atom stereocenters. The number of aryl methyl sites for hydroxylation is 1. The fraction of sp³-hybridized carbons (Fsp3) is 0.667. The van der Waals surface area contributed by atoms with Crippen molar-refractivity contribution in [3.63, 3.8) is 0 Å². The minimum absolute atomic E-state index is 0. The van der Waals surface area contributed by atoms with Crippen LogP contribution in [0.25, 0.3) is 0 Å². The van der Waals surface area contributed by atoms with Crippen LogP contribution in [0.3, 0.4) is 0 Å². The molecule has 1 aliphatic heterocycles. The van der Waals surface area contributed by atoms with E-state index in [-0.39, 0.29) is 42.7 Å². The molecule has 1 aliphatic rings. The Bertz CT molecular complexity index is 546. The predicted octanol–water partition coefficient (Wildman–Crippen LogP) is -0.195. The van der Waals surface area contributed by atoms with Crippen LogP contribution in [-0.4, -0.2) is 77.7 Å². The van der Waals surface area contributed by atoms with Crippen LogP contribution in [0.2, 0.25) is 0 Å². The van der Waals surface area contributed by atoms with E-state index in [0.717, 1.165) is 5.56 Å². The average molecular weight is 395 g/mol. The minimum Gasteiger partial charge on any atom is -0.355 e. The maximum Gasteiger partial charge on any atom is 0.244 e. The van der Waals surface area contributed by atoms with Crippen molar-refractivity contribution in [3.8, 4) is 0 Å². The Labute approximate surface area is 161 Å². The van der Waals surface area contributed by atoms with Gasteiger partial charge in [-0.2, -0.15) is 5.10 Å². The van der Waals surface area contributed by atoms with Crippen molar-refractivity contribution in [2.75, 3.05) is 46.3 Å². The first-order chi connectivity index (χ1) is 11.0. The number of likely N-dealkylation sites (N-methyl/N-ethyl adjacent to an activating group) is 2. The number of hydrogen-bond acceptors (Lipinski definition) is 5. The second kappa shape index (κ2) is 11.3. The quantitative estimate of drug-likeness (QED) is 0.698. The Morgan fingerprint density at radius 1 is 1.24 bits per heavy atom. The van der Waals surface area contributed by atoms with Gasteiger partial charge in [0.25, 0.3) is 0 Å². The van der Waals surface area contributed by atoms with Crippen molar-refractivity contribution in [1.82, 2.24) is 30.2 Å². The molecule has 0 radical (unpaired) electrons. The molecule has 0 spiro atoms. The molecule has 1 aromatic rings. The lowest BCUT2D eigenvalue weighted by Gasteiger charge is -2.35. The van der Waals surface area contributed by atoms with Gasteiger partial charge in [0, 0.05) is 51.5 Å². The van der Waals surface area contributed by atoms with Crippen LogP contribution in [0.15, 0.2) is 12.4 Å². The molecule has 2 amide bonds. The number of nitrogens with one attached hydrogen (secondary N) is 2. The Morgan fingerprint density at radius 2 is 1.88 bits per heavy atom. The fourth-order valence-corrected chi connectivity index (χ4v) is 2.79. The van der Waals surface area contributed by atoms with Crippen LogP contribution in [0.1, 0.15) is 18.5 Å². The standard InChI is InChI=1S/C15H26N6O2.2ClH/c1-4-17-13(22)11-20-5-7-21(8-6-20)15(23)14(16-2)12-9-18-19(3)10-12;;/h9-10,14,16H,4-8,11H2,1-3H3,(H,17,22);2*1H.